The molecule has 94 valence electrons. The van der Waals surface area contributed by atoms with Gasteiger partial charge in [-0.15, -0.1) is 0 Å². The van der Waals surface area contributed by atoms with Gasteiger partial charge < -0.3 is 5.32 Å². The largest absolute Gasteiger partial charge is 0.338 e. The number of nitrogens with one attached hydrogen (secondary N) is 1. The summed E-state index contributed by atoms with van der Waals surface area (Å²) in [6.45, 7) is 1.91. The molecule has 0 amide bonds. The van der Waals surface area contributed by atoms with Crippen molar-refractivity contribution in [2.45, 2.75) is 6.92 Å². The molecule has 0 atom stereocenters. The smallest absolute Gasteiger partial charge is 0.144 e. The molecule has 0 unspecified atom stereocenters. The van der Waals surface area contributed by atoms with Crippen molar-refractivity contribution in [2.75, 3.05) is 5.32 Å². The highest BCUT2D eigenvalue weighted by molar-refractivity contribution is 9.11. The summed E-state index contributed by atoms with van der Waals surface area (Å²) in [5, 5.41) is 4.41. The number of rotatable bonds is 2. The van der Waals surface area contributed by atoms with Crippen molar-refractivity contribution in [3.63, 3.8) is 0 Å². The Labute approximate surface area is 132 Å². The molecule has 0 radical (unpaired) electrons. The van der Waals surface area contributed by atoms with Crippen LogP contribution in [0, 0.1) is 6.92 Å². The maximum absolute atomic E-state index is 6.16. The van der Waals surface area contributed by atoms with Gasteiger partial charge in [0.05, 0.1) is 15.2 Å². The second-order valence-corrected chi connectivity index (χ2v) is 6.27. The average Bonchev–Trinajstić information content (AvgIpc) is 2.29. The topological polar surface area (TPSA) is 24.9 Å². The number of hydrogen-bond acceptors (Lipinski definition) is 2. The molecular formula is C12H8Br2Cl2N2. The Balaban J connectivity index is 2.37. The van der Waals surface area contributed by atoms with E-state index in [9.17, 15) is 0 Å². The molecular weight excluding hydrogens is 403 g/mol. The summed E-state index contributed by atoms with van der Waals surface area (Å²) in [4.78, 5) is 4.26. The number of anilines is 2. The highest BCUT2D eigenvalue weighted by Gasteiger charge is 2.08. The van der Waals surface area contributed by atoms with Crippen LogP contribution in [0.5, 0.6) is 0 Å². The molecule has 2 aromatic rings. The van der Waals surface area contributed by atoms with Gasteiger partial charge in [0.25, 0.3) is 0 Å². The monoisotopic (exact) mass is 408 g/mol. The van der Waals surface area contributed by atoms with Crippen LogP contribution in [0.2, 0.25) is 10.0 Å². The van der Waals surface area contributed by atoms with E-state index in [-0.39, 0.29) is 0 Å². The predicted octanol–water partition coefficient (Wildman–Crippen LogP) is 5.97. The average molecular weight is 411 g/mol. The molecule has 1 heterocycles. The van der Waals surface area contributed by atoms with Crippen molar-refractivity contribution in [1.29, 1.82) is 0 Å². The number of halogens is 4. The molecule has 0 aliphatic rings. The number of aromatic nitrogens is 1. The first kappa shape index (κ1) is 14.1. The minimum Gasteiger partial charge on any atom is -0.338 e. The molecule has 6 heteroatoms. The van der Waals surface area contributed by atoms with E-state index in [1.54, 1.807) is 12.3 Å². The van der Waals surface area contributed by atoms with Crippen molar-refractivity contribution < 1.29 is 0 Å². The van der Waals surface area contributed by atoms with Crippen LogP contribution in [0.25, 0.3) is 0 Å². The third-order valence-corrected chi connectivity index (χ3v) is 4.07. The first-order valence-corrected chi connectivity index (χ1v) is 7.35. The molecule has 0 saturated heterocycles. The fraction of sp³-hybridized carbons (Fsp3) is 0.0833. The lowest BCUT2D eigenvalue weighted by Gasteiger charge is -2.11. The van der Waals surface area contributed by atoms with Gasteiger partial charge in [-0.2, -0.15) is 0 Å². The summed E-state index contributed by atoms with van der Waals surface area (Å²) in [5.41, 5.74) is 1.66. The van der Waals surface area contributed by atoms with Gasteiger partial charge in [0.15, 0.2) is 0 Å². The molecule has 0 fully saturated rings. The van der Waals surface area contributed by atoms with Gasteiger partial charge in [-0.3, -0.25) is 0 Å². The predicted molar refractivity (Wildman–Crippen MR) is 84.1 cm³/mol. The molecule has 0 spiro atoms. The lowest BCUT2D eigenvalue weighted by atomic mass is 10.2. The van der Waals surface area contributed by atoms with Crippen LogP contribution in [-0.2, 0) is 0 Å². The summed E-state index contributed by atoms with van der Waals surface area (Å²) < 4.78 is 1.73. The van der Waals surface area contributed by atoms with Crippen molar-refractivity contribution in [1.82, 2.24) is 4.98 Å². The Bertz CT molecular complexity index is 603. The van der Waals surface area contributed by atoms with Crippen LogP contribution in [0.15, 0.2) is 33.3 Å². The molecule has 2 rings (SSSR count). The highest BCUT2D eigenvalue weighted by atomic mass is 79.9. The first-order chi connectivity index (χ1) is 8.47. The third kappa shape index (κ3) is 3.18. The van der Waals surface area contributed by atoms with Crippen molar-refractivity contribution >= 4 is 66.6 Å². The van der Waals surface area contributed by atoms with Gasteiger partial charge in [0.2, 0.25) is 0 Å². The normalized spacial score (nSPS) is 10.5. The van der Waals surface area contributed by atoms with E-state index in [1.165, 1.54) is 0 Å². The summed E-state index contributed by atoms with van der Waals surface area (Å²) in [6.07, 6.45) is 1.71. The number of nitrogens with zero attached hydrogens (tertiary/aromatic N) is 1. The van der Waals surface area contributed by atoms with E-state index < -0.39 is 0 Å². The van der Waals surface area contributed by atoms with E-state index in [1.807, 2.05) is 19.1 Å². The molecule has 0 aliphatic carbocycles. The maximum Gasteiger partial charge on any atom is 0.144 e. The molecule has 1 aromatic carbocycles. The Morgan fingerprint density at radius 2 is 1.83 bits per heavy atom. The summed E-state index contributed by atoms with van der Waals surface area (Å²) >= 11 is 19.0. The van der Waals surface area contributed by atoms with E-state index in [0.29, 0.717) is 15.9 Å². The van der Waals surface area contributed by atoms with Crippen LogP contribution in [0.4, 0.5) is 11.5 Å². The Morgan fingerprint density at radius 3 is 2.50 bits per heavy atom. The summed E-state index contributed by atoms with van der Waals surface area (Å²) in [7, 11) is 0. The lowest BCUT2D eigenvalue weighted by molar-refractivity contribution is 1.27. The van der Waals surface area contributed by atoms with Crippen molar-refractivity contribution in [2.24, 2.45) is 0 Å². The minimum absolute atomic E-state index is 0.605. The standard InChI is InChI=1S/C12H8Br2Cl2N2/c1-6-2-10(16)11(4-9(6)15)18-12-8(14)3-7(13)5-17-12/h2-5H,1H3,(H,17,18). The maximum atomic E-state index is 6.16. The highest BCUT2D eigenvalue weighted by Crippen LogP contribution is 2.33. The SMILES string of the molecule is Cc1cc(Cl)c(Nc2ncc(Br)cc2Br)cc1Cl. The minimum atomic E-state index is 0.605. The quantitative estimate of drug-likeness (QED) is 0.660. The van der Waals surface area contributed by atoms with Crippen LogP contribution in [0.3, 0.4) is 0 Å². The molecule has 18 heavy (non-hydrogen) atoms. The van der Waals surface area contributed by atoms with Gasteiger partial charge in [-0.25, -0.2) is 4.98 Å². The Morgan fingerprint density at radius 1 is 1.11 bits per heavy atom. The van der Waals surface area contributed by atoms with Crippen LogP contribution in [-0.4, -0.2) is 4.98 Å². The zero-order chi connectivity index (χ0) is 13.3. The van der Waals surface area contributed by atoms with E-state index in [0.717, 1.165) is 20.2 Å². The number of hydrogen-bond donors (Lipinski definition) is 1. The number of aryl methyl sites for hydroxylation is 1. The van der Waals surface area contributed by atoms with Gasteiger partial charge in [-0.05, 0) is 62.5 Å². The molecule has 0 bridgehead atoms. The third-order valence-electron chi connectivity index (χ3n) is 2.31. The zero-order valence-corrected chi connectivity index (χ0v) is 14.0. The van der Waals surface area contributed by atoms with Gasteiger partial charge in [-0.1, -0.05) is 23.2 Å². The van der Waals surface area contributed by atoms with Gasteiger partial charge in [0, 0.05) is 15.7 Å². The van der Waals surface area contributed by atoms with E-state index >= 15 is 0 Å². The first-order valence-electron chi connectivity index (χ1n) is 5.01. The number of pyridine rings is 1. The molecule has 0 saturated carbocycles. The fourth-order valence-corrected chi connectivity index (χ4v) is 2.89. The van der Waals surface area contributed by atoms with Crippen molar-refractivity contribution in [3.8, 4) is 0 Å². The zero-order valence-electron chi connectivity index (χ0n) is 9.27. The second kappa shape index (κ2) is 5.78. The van der Waals surface area contributed by atoms with Crippen molar-refractivity contribution in [3.05, 3.63) is 49.0 Å². The second-order valence-electron chi connectivity index (χ2n) is 3.69. The van der Waals surface area contributed by atoms with Gasteiger partial charge in [0.1, 0.15) is 5.82 Å². The van der Waals surface area contributed by atoms with Crippen LogP contribution >= 0.6 is 55.1 Å². The molecule has 2 nitrogen and oxygen atoms in total. The molecule has 1 N–H and O–H groups in total. The lowest BCUT2D eigenvalue weighted by Crippen LogP contribution is -1.96. The molecule has 0 aliphatic heterocycles. The summed E-state index contributed by atoms with van der Waals surface area (Å²) in [5.74, 6) is 0.681. The fourth-order valence-electron chi connectivity index (χ4n) is 1.38. The van der Waals surface area contributed by atoms with Gasteiger partial charge >= 0.3 is 0 Å². The Hall–Kier alpha value is -0.290. The molecule has 1 aromatic heterocycles. The van der Waals surface area contributed by atoms with Crippen LogP contribution < -0.4 is 5.32 Å². The number of benzene rings is 1. The van der Waals surface area contributed by atoms with Crippen LogP contribution in [0.1, 0.15) is 5.56 Å². The van der Waals surface area contributed by atoms with E-state index in [2.05, 4.69) is 42.2 Å². The Kier molecular flexibility index (Phi) is 4.54. The van der Waals surface area contributed by atoms with E-state index in [4.69, 9.17) is 23.2 Å². The summed E-state index contributed by atoms with van der Waals surface area (Å²) in [6, 6.07) is 5.51.